The Morgan fingerprint density at radius 2 is 1.91 bits per heavy atom. The van der Waals surface area contributed by atoms with Crippen LogP contribution >= 0.6 is 15.9 Å². The van der Waals surface area contributed by atoms with Crippen LogP contribution in [0.5, 0.6) is 0 Å². The number of hydrogen-bond donors (Lipinski definition) is 2. The Labute approximate surface area is 143 Å². The molecule has 0 bridgehead atoms. The van der Waals surface area contributed by atoms with Crippen LogP contribution in [0, 0.1) is 0 Å². The fourth-order valence-electron chi connectivity index (χ4n) is 2.11. The SMILES string of the molecule is CC(CCc1ccccc1)NC(=O)CNC(=O)c1ccc(Br)o1. The van der Waals surface area contributed by atoms with Gasteiger partial charge in [-0.05, 0) is 53.4 Å². The van der Waals surface area contributed by atoms with Crippen molar-refractivity contribution in [1.29, 1.82) is 0 Å². The van der Waals surface area contributed by atoms with Crippen molar-refractivity contribution in [2.75, 3.05) is 6.54 Å². The van der Waals surface area contributed by atoms with Gasteiger partial charge >= 0.3 is 0 Å². The molecule has 1 aromatic carbocycles. The molecule has 0 radical (unpaired) electrons. The summed E-state index contributed by atoms with van der Waals surface area (Å²) in [5.41, 5.74) is 1.24. The first-order valence-electron chi connectivity index (χ1n) is 7.41. The van der Waals surface area contributed by atoms with Crippen LogP contribution in [-0.4, -0.2) is 24.4 Å². The molecule has 2 rings (SSSR count). The number of amides is 2. The molecule has 0 saturated carbocycles. The number of nitrogens with one attached hydrogen (secondary N) is 2. The van der Waals surface area contributed by atoms with Crippen LogP contribution in [-0.2, 0) is 11.2 Å². The molecule has 122 valence electrons. The average molecular weight is 379 g/mol. The number of carbonyl (C=O) groups excluding carboxylic acids is 2. The standard InChI is InChI=1S/C17H19BrN2O3/c1-12(7-8-13-5-3-2-4-6-13)20-16(21)11-19-17(22)14-9-10-15(18)23-14/h2-6,9-10,12H,7-8,11H2,1H3,(H,19,22)(H,20,21). The van der Waals surface area contributed by atoms with Crippen molar-refractivity contribution >= 4 is 27.7 Å². The van der Waals surface area contributed by atoms with Gasteiger partial charge in [-0.3, -0.25) is 9.59 Å². The monoisotopic (exact) mass is 378 g/mol. The second-order valence-corrected chi connectivity index (χ2v) is 6.06. The maximum absolute atomic E-state index is 11.8. The Balaban J connectivity index is 1.68. The van der Waals surface area contributed by atoms with Crippen LogP contribution in [0.2, 0.25) is 0 Å². The summed E-state index contributed by atoms with van der Waals surface area (Å²) < 4.78 is 5.59. The number of hydrogen-bond acceptors (Lipinski definition) is 3. The Hall–Kier alpha value is -2.08. The minimum absolute atomic E-state index is 0.0392. The van der Waals surface area contributed by atoms with Gasteiger partial charge in [0, 0.05) is 6.04 Å². The first kappa shape index (κ1) is 17.3. The lowest BCUT2D eigenvalue weighted by Crippen LogP contribution is -2.41. The summed E-state index contributed by atoms with van der Waals surface area (Å²) in [5.74, 6) is -0.464. The van der Waals surface area contributed by atoms with Crippen molar-refractivity contribution in [2.45, 2.75) is 25.8 Å². The molecule has 0 fully saturated rings. The quantitative estimate of drug-likeness (QED) is 0.777. The first-order valence-corrected chi connectivity index (χ1v) is 8.20. The molecule has 0 saturated heterocycles. The van der Waals surface area contributed by atoms with Crippen molar-refractivity contribution in [3.8, 4) is 0 Å². The largest absolute Gasteiger partial charge is 0.444 e. The van der Waals surface area contributed by atoms with Crippen molar-refractivity contribution in [1.82, 2.24) is 10.6 Å². The van der Waals surface area contributed by atoms with Gasteiger partial charge in [0.05, 0.1) is 6.54 Å². The highest BCUT2D eigenvalue weighted by Gasteiger charge is 2.13. The zero-order valence-electron chi connectivity index (χ0n) is 12.8. The molecule has 0 spiro atoms. The summed E-state index contributed by atoms with van der Waals surface area (Å²) in [5, 5.41) is 5.39. The smallest absolute Gasteiger partial charge is 0.287 e. The third-order valence-corrected chi connectivity index (χ3v) is 3.75. The topological polar surface area (TPSA) is 71.3 Å². The van der Waals surface area contributed by atoms with Crippen LogP contribution in [0.25, 0.3) is 0 Å². The second-order valence-electron chi connectivity index (χ2n) is 5.28. The maximum Gasteiger partial charge on any atom is 0.287 e. The van der Waals surface area contributed by atoms with Gasteiger partial charge in [-0.25, -0.2) is 0 Å². The van der Waals surface area contributed by atoms with Crippen molar-refractivity contribution in [3.05, 3.63) is 58.5 Å². The van der Waals surface area contributed by atoms with Crippen LogP contribution < -0.4 is 10.6 Å². The van der Waals surface area contributed by atoms with E-state index in [0.717, 1.165) is 12.8 Å². The number of aryl methyl sites for hydroxylation is 1. The van der Waals surface area contributed by atoms with Gasteiger partial charge in [0.15, 0.2) is 10.4 Å². The second kappa shape index (κ2) is 8.53. The molecule has 0 aliphatic carbocycles. The molecule has 0 aliphatic rings. The summed E-state index contributed by atoms with van der Waals surface area (Å²) in [7, 11) is 0. The van der Waals surface area contributed by atoms with E-state index in [0.29, 0.717) is 4.67 Å². The van der Waals surface area contributed by atoms with E-state index in [9.17, 15) is 9.59 Å². The number of benzene rings is 1. The van der Waals surface area contributed by atoms with Crippen LogP contribution in [0.4, 0.5) is 0 Å². The lowest BCUT2D eigenvalue weighted by Gasteiger charge is -2.14. The van der Waals surface area contributed by atoms with Gasteiger partial charge in [0.2, 0.25) is 5.91 Å². The van der Waals surface area contributed by atoms with Gasteiger partial charge in [-0.2, -0.15) is 0 Å². The van der Waals surface area contributed by atoms with E-state index in [4.69, 9.17) is 4.42 Å². The highest BCUT2D eigenvalue weighted by molar-refractivity contribution is 9.10. The zero-order valence-corrected chi connectivity index (χ0v) is 14.4. The maximum atomic E-state index is 11.8. The Morgan fingerprint density at radius 3 is 2.57 bits per heavy atom. The van der Waals surface area contributed by atoms with E-state index in [1.807, 2.05) is 25.1 Å². The van der Waals surface area contributed by atoms with E-state index < -0.39 is 5.91 Å². The molecule has 5 nitrogen and oxygen atoms in total. The van der Waals surface area contributed by atoms with Gasteiger partial charge in [-0.1, -0.05) is 30.3 Å². The minimum atomic E-state index is -0.414. The lowest BCUT2D eigenvalue weighted by molar-refractivity contribution is -0.120. The molecule has 0 aliphatic heterocycles. The van der Waals surface area contributed by atoms with Crippen LogP contribution in [0.15, 0.2) is 51.6 Å². The molecular formula is C17H19BrN2O3. The first-order chi connectivity index (χ1) is 11.0. The third-order valence-electron chi connectivity index (χ3n) is 3.32. The molecule has 1 aromatic heterocycles. The molecular weight excluding hydrogens is 360 g/mol. The summed E-state index contributed by atoms with van der Waals surface area (Å²) in [6, 6.07) is 13.3. The van der Waals surface area contributed by atoms with Crippen molar-refractivity contribution < 1.29 is 14.0 Å². The molecule has 2 aromatic rings. The zero-order chi connectivity index (χ0) is 16.7. The van der Waals surface area contributed by atoms with Gasteiger partial charge in [0.25, 0.3) is 5.91 Å². The molecule has 1 heterocycles. The molecule has 2 N–H and O–H groups in total. The minimum Gasteiger partial charge on any atom is -0.444 e. The third kappa shape index (κ3) is 5.90. The van der Waals surface area contributed by atoms with Crippen LogP contribution in [0.3, 0.4) is 0 Å². The fourth-order valence-corrected chi connectivity index (χ4v) is 2.42. The highest BCUT2D eigenvalue weighted by Crippen LogP contribution is 2.13. The molecule has 1 atom stereocenters. The lowest BCUT2D eigenvalue weighted by atomic mass is 10.1. The molecule has 6 heteroatoms. The summed E-state index contributed by atoms with van der Waals surface area (Å²) in [6.07, 6.45) is 1.74. The average Bonchev–Trinajstić information content (AvgIpc) is 2.98. The molecule has 23 heavy (non-hydrogen) atoms. The van der Waals surface area contributed by atoms with E-state index >= 15 is 0 Å². The summed E-state index contributed by atoms with van der Waals surface area (Å²) in [4.78, 5) is 23.6. The molecule has 2 amide bonds. The van der Waals surface area contributed by atoms with E-state index in [-0.39, 0.29) is 24.3 Å². The van der Waals surface area contributed by atoms with Crippen LogP contribution in [0.1, 0.15) is 29.5 Å². The predicted molar refractivity (Wildman–Crippen MR) is 91.1 cm³/mol. The fraction of sp³-hybridized carbons (Fsp3) is 0.294. The number of furan rings is 1. The van der Waals surface area contributed by atoms with E-state index in [1.54, 1.807) is 12.1 Å². The predicted octanol–water partition coefficient (Wildman–Crippen LogP) is 2.91. The Bertz CT molecular complexity index is 655. The van der Waals surface area contributed by atoms with E-state index in [1.165, 1.54) is 5.56 Å². The summed E-state index contributed by atoms with van der Waals surface area (Å²) in [6.45, 7) is 1.87. The summed E-state index contributed by atoms with van der Waals surface area (Å²) >= 11 is 3.12. The van der Waals surface area contributed by atoms with Gasteiger partial charge in [0.1, 0.15) is 0 Å². The van der Waals surface area contributed by atoms with E-state index in [2.05, 4.69) is 38.7 Å². The Morgan fingerprint density at radius 1 is 1.17 bits per heavy atom. The van der Waals surface area contributed by atoms with Gasteiger partial charge < -0.3 is 15.1 Å². The number of carbonyl (C=O) groups is 2. The normalized spacial score (nSPS) is 11.7. The highest BCUT2D eigenvalue weighted by atomic mass is 79.9. The Kier molecular flexibility index (Phi) is 6.40. The number of halogens is 1. The van der Waals surface area contributed by atoms with Crippen molar-refractivity contribution in [2.24, 2.45) is 0 Å². The number of rotatable bonds is 7. The van der Waals surface area contributed by atoms with Crippen molar-refractivity contribution in [3.63, 3.8) is 0 Å². The molecule has 1 unspecified atom stereocenters. The van der Waals surface area contributed by atoms with Gasteiger partial charge in [-0.15, -0.1) is 0 Å².